The molecule has 0 aliphatic rings. The number of hydrogen-bond donors (Lipinski definition) is 2. The summed E-state index contributed by atoms with van der Waals surface area (Å²) in [5.41, 5.74) is 1.86. The highest BCUT2D eigenvalue weighted by Crippen LogP contribution is 2.38. The van der Waals surface area contributed by atoms with Gasteiger partial charge in [-0.25, -0.2) is 0 Å². The molecule has 0 unspecified atom stereocenters. The predicted molar refractivity (Wildman–Crippen MR) is 138 cm³/mol. The summed E-state index contributed by atoms with van der Waals surface area (Å²) >= 11 is 0. The van der Waals surface area contributed by atoms with E-state index in [1.165, 1.54) is 7.11 Å². The van der Waals surface area contributed by atoms with Gasteiger partial charge in [0.2, 0.25) is 5.91 Å². The van der Waals surface area contributed by atoms with Crippen molar-refractivity contribution in [3.8, 4) is 0 Å². The van der Waals surface area contributed by atoms with Crippen molar-refractivity contribution in [2.24, 2.45) is 10.8 Å². The lowest BCUT2D eigenvalue weighted by atomic mass is 9.72. The van der Waals surface area contributed by atoms with E-state index >= 15 is 0 Å². The Kier molecular flexibility index (Phi) is 7.89. The Morgan fingerprint density at radius 1 is 0.857 bits per heavy atom. The van der Waals surface area contributed by atoms with Crippen LogP contribution in [0.15, 0.2) is 60.8 Å². The molecule has 0 bridgehead atoms. The number of para-hydroxylation sites is 1. The molecule has 0 fully saturated rings. The molecule has 2 amide bonds. The number of amides is 2. The van der Waals surface area contributed by atoms with Crippen molar-refractivity contribution < 1.29 is 19.1 Å². The van der Waals surface area contributed by atoms with Gasteiger partial charge in [-0.3, -0.25) is 19.4 Å². The van der Waals surface area contributed by atoms with Gasteiger partial charge in [0.25, 0.3) is 5.91 Å². The van der Waals surface area contributed by atoms with E-state index in [-0.39, 0.29) is 28.6 Å². The Balaban J connectivity index is 1.59. The quantitative estimate of drug-likeness (QED) is 0.380. The Morgan fingerprint density at radius 2 is 1.51 bits per heavy atom. The van der Waals surface area contributed by atoms with Gasteiger partial charge in [0.05, 0.1) is 24.7 Å². The van der Waals surface area contributed by atoms with Crippen LogP contribution in [0.5, 0.6) is 0 Å². The maximum atomic E-state index is 12.8. The van der Waals surface area contributed by atoms with Crippen molar-refractivity contribution in [3.05, 3.63) is 66.4 Å². The van der Waals surface area contributed by atoms with E-state index in [0.717, 1.165) is 10.9 Å². The summed E-state index contributed by atoms with van der Waals surface area (Å²) in [7, 11) is 1.38. The summed E-state index contributed by atoms with van der Waals surface area (Å²) in [4.78, 5) is 41.5. The number of esters is 1. The molecule has 0 spiro atoms. The molecule has 0 atom stereocenters. The smallest absolute Gasteiger partial charge is 0.306 e. The number of nitrogens with one attached hydrogen (secondary N) is 2. The molecular formula is C28H33N3O4. The number of fused-ring (bicyclic) bond motifs is 1. The SMILES string of the molecule is COC(=O)CC(C)(C)CC(C)(C)CC(=O)Nc1ccc(C(=O)Nc2cccc3cccnc23)cc1. The van der Waals surface area contributed by atoms with E-state index in [2.05, 4.69) is 15.6 Å². The van der Waals surface area contributed by atoms with Crippen LogP contribution < -0.4 is 10.6 Å². The van der Waals surface area contributed by atoms with E-state index < -0.39 is 0 Å². The molecule has 1 aromatic heterocycles. The molecule has 7 heteroatoms. The van der Waals surface area contributed by atoms with Crippen molar-refractivity contribution in [1.29, 1.82) is 0 Å². The second-order valence-corrected chi connectivity index (χ2v) is 10.4. The molecule has 3 rings (SSSR count). The van der Waals surface area contributed by atoms with Crippen molar-refractivity contribution in [3.63, 3.8) is 0 Å². The normalized spacial score (nSPS) is 11.7. The molecular weight excluding hydrogens is 442 g/mol. The standard InChI is InChI=1S/C28H33N3O4/c1-27(2,18-28(3,4)17-24(33)35-5)16-23(32)30-21-13-11-20(12-14-21)26(34)31-22-10-6-8-19-9-7-15-29-25(19)22/h6-15H,16-18H2,1-5H3,(H,30,32)(H,31,34). The summed E-state index contributed by atoms with van der Waals surface area (Å²) in [6, 6.07) is 16.2. The van der Waals surface area contributed by atoms with Crippen LogP contribution in [0.25, 0.3) is 10.9 Å². The Labute approximate surface area is 206 Å². The highest BCUT2D eigenvalue weighted by atomic mass is 16.5. The first kappa shape index (κ1) is 25.9. The van der Waals surface area contributed by atoms with E-state index in [4.69, 9.17) is 4.74 Å². The fourth-order valence-corrected chi connectivity index (χ4v) is 4.63. The first-order valence-electron chi connectivity index (χ1n) is 11.6. The second kappa shape index (κ2) is 10.7. The van der Waals surface area contributed by atoms with Gasteiger partial charge >= 0.3 is 5.97 Å². The van der Waals surface area contributed by atoms with E-state index in [1.807, 2.05) is 58.0 Å². The number of methoxy groups -OCH3 is 1. The molecule has 0 saturated heterocycles. The highest BCUT2D eigenvalue weighted by molar-refractivity contribution is 6.08. The number of hydrogen-bond acceptors (Lipinski definition) is 5. The van der Waals surface area contributed by atoms with Crippen LogP contribution >= 0.6 is 0 Å². The molecule has 1 heterocycles. The topological polar surface area (TPSA) is 97.4 Å². The minimum absolute atomic E-state index is 0.122. The molecule has 3 aromatic rings. The number of rotatable bonds is 9. The maximum absolute atomic E-state index is 12.8. The van der Waals surface area contributed by atoms with E-state index in [9.17, 15) is 14.4 Å². The Morgan fingerprint density at radius 3 is 2.20 bits per heavy atom. The molecule has 35 heavy (non-hydrogen) atoms. The fourth-order valence-electron chi connectivity index (χ4n) is 4.63. The largest absolute Gasteiger partial charge is 0.469 e. The number of anilines is 2. The van der Waals surface area contributed by atoms with Crippen molar-refractivity contribution >= 4 is 40.1 Å². The zero-order valence-corrected chi connectivity index (χ0v) is 21.0. The average molecular weight is 476 g/mol. The van der Waals surface area contributed by atoms with Crippen LogP contribution in [0.3, 0.4) is 0 Å². The lowest BCUT2D eigenvalue weighted by molar-refractivity contribution is -0.143. The minimum Gasteiger partial charge on any atom is -0.469 e. The molecule has 0 aliphatic heterocycles. The lowest BCUT2D eigenvalue weighted by Crippen LogP contribution is -2.29. The molecule has 2 aromatic carbocycles. The second-order valence-electron chi connectivity index (χ2n) is 10.4. The Hall–Kier alpha value is -3.74. The van der Waals surface area contributed by atoms with Gasteiger partial charge in [-0.1, -0.05) is 45.9 Å². The molecule has 0 aliphatic carbocycles. The minimum atomic E-state index is -0.312. The summed E-state index contributed by atoms with van der Waals surface area (Å²) in [6.07, 6.45) is 2.97. The van der Waals surface area contributed by atoms with Gasteiger partial charge < -0.3 is 15.4 Å². The van der Waals surface area contributed by atoms with Crippen LogP contribution in [-0.4, -0.2) is 29.9 Å². The van der Waals surface area contributed by atoms with Crippen LogP contribution in [0, 0.1) is 10.8 Å². The predicted octanol–water partition coefficient (Wildman–Crippen LogP) is 5.82. The molecule has 0 radical (unpaired) electrons. The summed E-state index contributed by atoms with van der Waals surface area (Å²) < 4.78 is 4.79. The Bertz CT molecular complexity index is 1210. The molecule has 7 nitrogen and oxygen atoms in total. The number of aromatic nitrogens is 1. The summed E-state index contributed by atoms with van der Waals surface area (Å²) in [6.45, 7) is 8.03. The third-order valence-corrected chi connectivity index (χ3v) is 5.76. The molecule has 2 N–H and O–H groups in total. The number of ether oxygens (including phenoxy) is 1. The van der Waals surface area contributed by atoms with Gasteiger partial charge in [-0.15, -0.1) is 0 Å². The van der Waals surface area contributed by atoms with Gasteiger partial charge in [-0.2, -0.15) is 0 Å². The number of pyridine rings is 1. The van der Waals surface area contributed by atoms with Gasteiger partial charge in [0.1, 0.15) is 0 Å². The number of benzene rings is 2. The van der Waals surface area contributed by atoms with Crippen molar-refractivity contribution in [2.75, 3.05) is 17.7 Å². The maximum Gasteiger partial charge on any atom is 0.306 e. The van der Waals surface area contributed by atoms with E-state index in [1.54, 1.807) is 30.5 Å². The fraction of sp³-hybridized carbons (Fsp3) is 0.357. The van der Waals surface area contributed by atoms with Crippen LogP contribution in [0.1, 0.15) is 57.3 Å². The molecule has 184 valence electrons. The summed E-state index contributed by atoms with van der Waals surface area (Å²) in [5.74, 6) is -0.631. The summed E-state index contributed by atoms with van der Waals surface area (Å²) in [5, 5.41) is 6.76. The number of carbonyl (C=O) groups is 3. The van der Waals surface area contributed by atoms with Gasteiger partial charge in [-0.05, 0) is 53.6 Å². The van der Waals surface area contributed by atoms with Crippen LogP contribution in [-0.2, 0) is 14.3 Å². The first-order chi connectivity index (χ1) is 16.5. The van der Waals surface area contributed by atoms with E-state index in [0.29, 0.717) is 36.2 Å². The third-order valence-electron chi connectivity index (χ3n) is 5.76. The zero-order chi connectivity index (χ0) is 25.6. The monoisotopic (exact) mass is 475 g/mol. The molecule has 0 saturated carbocycles. The number of carbonyl (C=O) groups excluding carboxylic acids is 3. The average Bonchev–Trinajstić information content (AvgIpc) is 2.78. The van der Waals surface area contributed by atoms with Crippen LogP contribution in [0.2, 0.25) is 0 Å². The highest BCUT2D eigenvalue weighted by Gasteiger charge is 2.32. The van der Waals surface area contributed by atoms with Crippen LogP contribution in [0.4, 0.5) is 11.4 Å². The van der Waals surface area contributed by atoms with Gasteiger partial charge in [0.15, 0.2) is 0 Å². The van der Waals surface area contributed by atoms with Crippen molar-refractivity contribution in [2.45, 2.75) is 47.0 Å². The third kappa shape index (κ3) is 7.37. The lowest BCUT2D eigenvalue weighted by Gasteiger charge is -2.34. The zero-order valence-electron chi connectivity index (χ0n) is 21.0. The van der Waals surface area contributed by atoms with Gasteiger partial charge in [0, 0.05) is 29.3 Å². The first-order valence-corrected chi connectivity index (χ1v) is 11.6. The number of nitrogens with zero attached hydrogens (tertiary/aromatic N) is 1. The van der Waals surface area contributed by atoms with Crippen molar-refractivity contribution in [1.82, 2.24) is 4.98 Å².